The molecule has 0 radical (unpaired) electrons. The third-order valence-corrected chi connectivity index (χ3v) is 5.81. The molecule has 0 atom stereocenters. The molecule has 0 fully saturated rings. The minimum Gasteiger partial charge on any atom is -0.494 e. The minimum atomic E-state index is -0.985. The van der Waals surface area contributed by atoms with Crippen molar-refractivity contribution in [2.24, 2.45) is 0 Å². The van der Waals surface area contributed by atoms with Crippen LogP contribution in [0.3, 0.4) is 0 Å². The fraction of sp³-hybridized carbons (Fsp3) is 0.200. The van der Waals surface area contributed by atoms with Crippen LogP contribution in [0.2, 0.25) is 0 Å². The quantitative estimate of drug-likeness (QED) is 0.186. The Labute approximate surface area is 215 Å². The first-order valence-electron chi connectivity index (χ1n) is 12.1. The minimum absolute atomic E-state index is 0.183. The van der Waals surface area contributed by atoms with E-state index in [0.717, 1.165) is 34.2 Å². The lowest BCUT2D eigenvalue weighted by atomic mass is 10.0. The summed E-state index contributed by atoms with van der Waals surface area (Å²) in [6.07, 6.45) is 6.08. The van der Waals surface area contributed by atoms with Crippen molar-refractivity contribution in [3.8, 4) is 5.75 Å². The van der Waals surface area contributed by atoms with Crippen LogP contribution in [-0.2, 0) is 33.9 Å². The van der Waals surface area contributed by atoms with Crippen LogP contribution in [0.5, 0.6) is 5.75 Å². The second kappa shape index (κ2) is 12.6. The smallest absolute Gasteiger partial charge is 0.323 e. The number of nitrogens with zero attached hydrogens (tertiary/aromatic N) is 1. The molecule has 0 unspecified atom stereocenters. The molecule has 0 aliphatic rings. The lowest BCUT2D eigenvalue weighted by Gasteiger charge is -2.07. The highest BCUT2D eigenvalue weighted by atomic mass is 16.5. The Morgan fingerprint density at radius 3 is 2.35 bits per heavy atom. The van der Waals surface area contributed by atoms with Crippen LogP contribution in [0.25, 0.3) is 23.1 Å². The largest absolute Gasteiger partial charge is 0.494 e. The molecule has 0 saturated heterocycles. The molecule has 0 aliphatic carbocycles. The summed E-state index contributed by atoms with van der Waals surface area (Å²) in [6, 6.07) is 23.3. The van der Waals surface area contributed by atoms with Crippen LogP contribution in [0.4, 0.5) is 0 Å². The van der Waals surface area contributed by atoms with E-state index in [0.29, 0.717) is 30.9 Å². The van der Waals surface area contributed by atoms with Gasteiger partial charge in [-0.2, -0.15) is 0 Å². The molecule has 4 rings (SSSR count). The van der Waals surface area contributed by atoms with Crippen molar-refractivity contribution in [1.82, 2.24) is 4.57 Å². The van der Waals surface area contributed by atoms with Gasteiger partial charge in [0, 0.05) is 23.5 Å². The highest BCUT2D eigenvalue weighted by molar-refractivity contribution is 5.96. The van der Waals surface area contributed by atoms with Gasteiger partial charge in [0.1, 0.15) is 12.3 Å². The number of carboxylic acid groups (broad SMARTS) is 2. The highest BCUT2D eigenvalue weighted by Crippen LogP contribution is 2.28. The predicted octanol–water partition coefficient (Wildman–Crippen LogP) is 5.51. The Hall–Kier alpha value is -4.36. The molecule has 3 aromatic carbocycles. The van der Waals surface area contributed by atoms with Crippen molar-refractivity contribution < 1.29 is 29.3 Å². The van der Waals surface area contributed by atoms with E-state index in [2.05, 4.69) is 0 Å². The van der Waals surface area contributed by atoms with E-state index < -0.39 is 11.9 Å². The summed E-state index contributed by atoms with van der Waals surface area (Å²) in [5.41, 5.74) is 4.21. The van der Waals surface area contributed by atoms with Crippen molar-refractivity contribution in [1.29, 1.82) is 0 Å². The van der Waals surface area contributed by atoms with E-state index in [1.807, 2.05) is 78.9 Å². The molecule has 190 valence electrons. The number of carbonyl (C=O) groups is 2. The van der Waals surface area contributed by atoms with Gasteiger partial charge in [0.2, 0.25) is 0 Å². The fourth-order valence-electron chi connectivity index (χ4n) is 4.16. The molecule has 0 aliphatic heterocycles. The van der Waals surface area contributed by atoms with Gasteiger partial charge in [-0.1, -0.05) is 66.7 Å². The van der Waals surface area contributed by atoms with Gasteiger partial charge in [0.15, 0.2) is 0 Å². The molecule has 7 nitrogen and oxygen atoms in total. The van der Waals surface area contributed by atoms with Crippen LogP contribution < -0.4 is 4.74 Å². The molecule has 0 bridgehead atoms. The van der Waals surface area contributed by atoms with Gasteiger partial charge in [0.25, 0.3) is 0 Å². The summed E-state index contributed by atoms with van der Waals surface area (Å²) in [5, 5.41) is 19.3. The second-order valence-electron chi connectivity index (χ2n) is 8.63. The number of aliphatic carboxylic acids is 2. The van der Waals surface area contributed by atoms with Crippen LogP contribution in [-0.4, -0.2) is 39.9 Å². The number of hydrogen-bond donors (Lipinski definition) is 2. The van der Waals surface area contributed by atoms with E-state index in [-0.39, 0.29) is 13.0 Å². The van der Waals surface area contributed by atoms with Crippen molar-refractivity contribution in [2.45, 2.75) is 26.0 Å². The Balaban J connectivity index is 1.36. The molecular formula is C30H29NO6. The zero-order chi connectivity index (χ0) is 26.0. The molecular weight excluding hydrogens is 470 g/mol. The Bertz CT molecular complexity index is 1370. The lowest BCUT2D eigenvalue weighted by Crippen LogP contribution is -2.07. The van der Waals surface area contributed by atoms with E-state index in [4.69, 9.17) is 9.47 Å². The number of rotatable bonds is 13. The third kappa shape index (κ3) is 7.32. The Morgan fingerprint density at radius 1 is 0.838 bits per heavy atom. The first kappa shape index (κ1) is 25.7. The normalized spacial score (nSPS) is 11.2. The van der Waals surface area contributed by atoms with Crippen molar-refractivity contribution in [2.75, 3.05) is 13.2 Å². The van der Waals surface area contributed by atoms with Crippen molar-refractivity contribution >= 4 is 35.0 Å². The lowest BCUT2D eigenvalue weighted by molar-refractivity contribution is -0.138. The van der Waals surface area contributed by atoms with Gasteiger partial charge in [-0.3, -0.25) is 9.59 Å². The van der Waals surface area contributed by atoms with Gasteiger partial charge in [0.05, 0.1) is 26.2 Å². The Morgan fingerprint density at radius 2 is 1.62 bits per heavy atom. The predicted molar refractivity (Wildman–Crippen MR) is 142 cm³/mol. The van der Waals surface area contributed by atoms with Gasteiger partial charge in [-0.15, -0.1) is 0 Å². The van der Waals surface area contributed by atoms with E-state index in [1.165, 1.54) is 0 Å². The number of aromatic nitrogens is 1. The Kier molecular flexibility index (Phi) is 8.73. The van der Waals surface area contributed by atoms with E-state index in [9.17, 15) is 19.8 Å². The van der Waals surface area contributed by atoms with Gasteiger partial charge >= 0.3 is 11.9 Å². The van der Waals surface area contributed by atoms with Gasteiger partial charge in [-0.05, 0) is 40.5 Å². The topological polar surface area (TPSA) is 98.0 Å². The summed E-state index contributed by atoms with van der Waals surface area (Å²) in [7, 11) is 0. The van der Waals surface area contributed by atoms with Gasteiger partial charge < -0.3 is 24.3 Å². The summed E-state index contributed by atoms with van der Waals surface area (Å²) < 4.78 is 13.1. The number of fused-ring (bicyclic) bond motifs is 1. The average Bonchev–Trinajstić information content (AvgIpc) is 3.22. The first-order valence-corrected chi connectivity index (χ1v) is 12.1. The zero-order valence-electron chi connectivity index (χ0n) is 20.4. The van der Waals surface area contributed by atoms with Crippen molar-refractivity contribution in [3.63, 3.8) is 0 Å². The molecule has 7 heteroatoms. The summed E-state index contributed by atoms with van der Waals surface area (Å²) in [6.45, 7) is 1.55. The number of carboxylic acids is 2. The SMILES string of the molecule is O=C(O)Cc1cn(CC(=O)O)c2cccc(/C=C/c3ccc(OCCCOCc4ccccc4)cc3)c12. The van der Waals surface area contributed by atoms with Crippen molar-refractivity contribution in [3.05, 3.63) is 101 Å². The maximum Gasteiger partial charge on any atom is 0.323 e. The zero-order valence-corrected chi connectivity index (χ0v) is 20.4. The van der Waals surface area contributed by atoms with Crippen LogP contribution in [0.1, 0.15) is 28.7 Å². The van der Waals surface area contributed by atoms with Crippen LogP contribution in [0.15, 0.2) is 79.0 Å². The summed E-state index contributed by atoms with van der Waals surface area (Å²) in [4.78, 5) is 22.7. The van der Waals surface area contributed by atoms with Crippen LogP contribution >= 0.6 is 0 Å². The maximum atomic E-state index is 11.4. The van der Waals surface area contributed by atoms with Crippen LogP contribution in [0, 0.1) is 0 Å². The van der Waals surface area contributed by atoms with E-state index >= 15 is 0 Å². The highest BCUT2D eigenvalue weighted by Gasteiger charge is 2.15. The molecule has 0 amide bonds. The summed E-state index contributed by atoms with van der Waals surface area (Å²) in [5.74, 6) is -1.18. The number of hydrogen-bond acceptors (Lipinski definition) is 4. The average molecular weight is 500 g/mol. The number of ether oxygens (including phenoxy) is 2. The molecule has 37 heavy (non-hydrogen) atoms. The standard InChI is InChI=1S/C30H29NO6/c32-28(33)18-25-19-31(20-29(34)35)27-9-4-8-24(30(25)27)13-10-22-11-14-26(15-12-22)37-17-5-16-36-21-23-6-2-1-3-7-23/h1-4,6-15,19H,5,16-18,20-21H2,(H,32,33)(H,34,35)/b13-10+. The maximum absolute atomic E-state index is 11.4. The molecule has 0 spiro atoms. The van der Waals surface area contributed by atoms with E-state index in [1.54, 1.807) is 16.8 Å². The molecule has 0 saturated carbocycles. The first-order chi connectivity index (χ1) is 18.0. The number of benzene rings is 3. The molecule has 4 aromatic rings. The monoisotopic (exact) mass is 499 g/mol. The summed E-state index contributed by atoms with van der Waals surface area (Å²) >= 11 is 0. The second-order valence-corrected chi connectivity index (χ2v) is 8.63. The third-order valence-electron chi connectivity index (χ3n) is 5.81. The molecule has 1 aromatic heterocycles. The molecule has 1 heterocycles. The fourth-order valence-corrected chi connectivity index (χ4v) is 4.16. The molecule has 2 N–H and O–H groups in total. The van der Waals surface area contributed by atoms with Gasteiger partial charge in [-0.25, -0.2) is 0 Å².